The lowest BCUT2D eigenvalue weighted by Gasteiger charge is -2.37. The Kier molecular flexibility index (Phi) is 4.43. The van der Waals surface area contributed by atoms with Crippen LogP contribution >= 0.6 is 15.9 Å². The van der Waals surface area contributed by atoms with Gasteiger partial charge in [0, 0.05) is 25.7 Å². The Morgan fingerprint density at radius 1 is 1.35 bits per heavy atom. The molecule has 0 bridgehead atoms. The standard InChI is InChI=1S/C14H18BrF3N4O/c1-9-12(15)13(14(16,17)18)19-22(9)8-11(23)21-6-5-20-4-2-3-10(20)7-21/h10H,2-8H2,1H3. The molecule has 9 heteroatoms. The summed E-state index contributed by atoms with van der Waals surface area (Å²) in [7, 11) is 0. The second-order valence-corrected chi connectivity index (χ2v) is 6.87. The normalized spacial score (nSPS) is 22.5. The molecular formula is C14H18BrF3N4O. The second kappa shape index (κ2) is 6.08. The molecule has 2 fully saturated rings. The van der Waals surface area contributed by atoms with Crippen molar-refractivity contribution in [3.63, 3.8) is 0 Å². The average Bonchev–Trinajstić information content (AvgIpc) is 3.05. The van der Waals surface area contributed by atoms with Gasteiger partial charge >= 0.3 is 6.18 Å². The van der Waals surface area contributed by atoms with E-state index in [1.165, 1.54) is 6.92 Å². The van der Waals surface area contributed by atoms with Crippen LogP contribution in [-0.4, -0.2) is 57.7 Å². The van der Waals surface area contributed by atoms with Gasteiger partial charge in [0.1, 0.15) is 6.54 Å². The van der Waals surface area contributed by atoms with Crippen molar-refractivity contribution in [3.05, 3.63) is 15.9 Å². The Hall–Kier alpha value is -1.09. The Morgan fingerprint density at radius 2 is 2.09 bits per heavy atom. The highest BCUT2D eigenvalue weighted by Crippen LogP contribution is 2.35. The van der Waals surface area contributed by atoms with Crippen molar-refractivity contribution in [1.29, 1.82) is 0 Å². The molecule has 5 nitrogen and oxygen atoms in total. The Bertz CT molecular complexity index is 616. The Morgan fingerprint density at radius 3 is 2.74 bits per heavy atom. The predicted molar refractivity (Wildman–Crippen MR) is 80.8 cm³/mol. The molecule has 0 aromatic carbocycles. The molecule has 3 heterocycles. The van der Waals surface area contributed by atoms with Gasteiger partial charge in [0.15, 0.2) is 5.69 Å². The first-order chi connectivity index (χ1) is 10.8. The molecule has 2 aliphatic rings. The quantitative estimate of drug-likeness (QED) is 0.772. The Labute approximate surface area is 140 Å². The fourth-order valence-corrected chi connectivity index (χ4v) is 3.81. The number of alkyl halides is 3. The molecule has 128 valence electrons. The summed E-state index contributed by atoms with van der Waals surface area (Å²) in [5.41, 5.74) is -0.673. The van der Waals surface area contributed by atoms with Crippen molar-refractivity contribution >= 4 is 21.8 Å². The third kappa shape index (κ3) is 3.26. The maximum Gasteiger partial charge on any atom is 0.436 e. The van der Waals surface area contributed by atoms with E-state index in [9.17, 15) is 18.0 Å². The summed E-state index contributed by atoms with van der Waals surface area (Å²) in [5.74, 6) is -0.177. The molecule has 23 heavy (non-hydrogen) atoms. The summed E-state index contributed by atoms with van der Waals surface area (Å²) < 4.78 is 39.7. The van der Waals surface area contributed by atoms with E-state index in [1.807, 2.05) is 0 Å². The van der Waals surface area contributed by atoms with Gasteiger partial charge in [-0.2, -0.15) is 18.3 Å². The molecule has 1 atom stereocenters. The topological polar surface area (TPSA) is 41.4 Å². The molecule has 1 unspecified atom stereocenters. The van der Waals surface area contributed by atoms with Gasteiger partial charge in [-0.25, -0.2) is 0 Å². The second-order valence-electron chi connectivity index (χ2n) is 6.08. The van der Waals surface area contributed by atoms with Crippen LogP contribution in [0.2, 0.25) is 0 Å². The molecule has 0 N–H and O–H groups in total. The van der Waals surface area contributed by atoms with Crippen LogP contribution in [0.25, 0.3) is 0 Å². The van der Waals surface area contributed by atoms with Crippen molar-refractivity contribution in [3.8, 4) is 0 Å². The van der Waals surface area contributed by atoms with Gasteiger partial charge in [-0.05, 0) is 42.2 Å². The van der Waals surface area contributed by atoms with E-state index in [0.29, 0.717) is 24.8 Å². The SMILES string of the molecule is Cc1c(Br)c(C(F)(F)F)nn1CC(=O)N1CCN2CCCC2C1. The minimum absolute atomic E-state index is 0.0987. The van der Waals surface area contributed by atoms with Gasteiger partial charge in [-0.15, -0.1) is 0 Å². The molecule has 1 aromatic heterocycles. The van der Waals surface area contributed by atoms with Crippen LogP contribution in [-0.2, 0) is 17.5 Å². The van der Waals surface area contributed by atoms with Crippen LogP contribution in [0.3, 0.4) is 0 Å². The zero-order valence-corrected chi connectivity index (χ0v) is 14.3. The van der Waals surface area contributed by atoms with E-state index in [1.54, 1.807) is 4.90 Å². The number of carbonyl (C=O) groups excluding carboxylic acids is 1. The number of piperazine rings is 1. The highest BCUT2D eigenvalue weighted by atomic mass is 79.9. The van der Waals surface area contributed by atoms with E-state index >= 15 is 0 Å². The summed E-state index contributed by atoms with van der Waals surface area (Å²) in [6.45, 7) is 4.57. The molecule has 2 aliphatic heterocycles. The molecule has 0 radical (unpaired) electrons. The number of rotatable bonds is 2. The summed E-state index contributed by atoms with van der Waals surface area (Å²) in [6.07, 6.45) is -2.31. The lowest BCUT2D eigenvalue weighted by molar-refractivity contribution is -0.143. The smallest absolute Gasteiger partial charge is 0.338 e. The van der Waals surface area contributed by atoms with Gasteiger partial charge in [0.25, 0.3) is 0 Å². The van der Waals surface area contributed by atoms with Crippen molar-refractivity contribution in [1.82, 2.24) is 19.6 Å². The van der Waals surface area contributed by atoms with Crippen LogP contribution in [0.4, 0.5) is 13.2 Å². The fraction of sp³-hybridized carbons (Fsp3) is 0.714. The van der Waals surface area contributed by atoms with Crippen LogP contribution in [0.5, 0.6) is 0 Å². The summed E-state index contributed by atoms with van der Waals surface area (Å²) in [5, 5.41) is 3.57. The number of amides is 1. The summed E-state index contributed by atoms with van der Waals surface area (Å²) in [4.78, 5) is 16.5. The zero-order chi connectivity index (χ0) is 16.8. The van der Waals surface area contributed by atoms with E-state index < -0.39 is 11.9 Å². The van der Waals surface area contributed by atoms with E-state index in [4.69, 9.17) is 0 Å². The van der Waals surface area contributed by atoms with Crippen molar-refractivity contribution < 1.29 is 18.0 Å². The van der Waals surface area contributed by atoms with Crippen molar-refractivity contribution in [2.75, 3.05) is 26.2 Å². The van der Waals surface area contributed by atoms with Gasteiger partial charge in [-0.1, -0.05) is 0 Å². The number of hydrogen-bond acceptors (Lipinski definition) is 3. The number of nitrogens with zero attached hydrogens (tertiary/aromatic N) is 4. The van der Waals surface area contributed by atoms with Crippen LogP contribution in [0.15, 0.2) is 4.47 Å². The zero-order valence-electron chi connectivity index (χ0n) is 12.7. The fourth-order valence-electron chi connectivity index (χ4n) is 3.31. The number of fused-ring (bicyclic) bond motifs is 1. The molecule has 3 rings (SSSR count). The first-order valence-electron chi connectivity index (χ1n) is 7.59. The maximum absolute atomic E-state index is 12.9. The average molecular weight is 395 g/mol. The molecule has 2 saturated heterocycles. The van der Waals surface area contributed by atoms with E-state index in [0.717, 1.165) is 30.6 Å². The van der Waals surface area contributed by atoms with Gasteiger partial charge in [0.05, 0.1) is 10.2 Å². The minimum Gasteiger partial charge on any atom is -0.338 e. The number of hydrogen-bond donors (Lipinski definition) is 0. The monoisotopic (exact) mass is 394 g/mol. The van der Waals surface area contributed by atoms with Crippen LogP contribution in [0, 0.1) is 6.92 Å². The third-order valence-electron chi connectivity index (χ3n) is 4.63. The molecule has 0 saturated carbocycles. The van der Waals surface area contributed by atoms with Crippen molar-refractivity contribution in [2.24, 2.45) is 0 Å². The lowest BCUT2D eigenvalue weighted by Crippen LogP contribution is -2.52. The van der Waals surface area contributed by atoms with Crippen LogP contribution < -0.4 is 0 Å². The Balaban J connectivity index is 1.71. The predicted octanol–water partition coefficient (Wildman–Crippen LogP) is 2.28. The minimum atomic E-state index is -4.53. The largest absolute Gasteiger partial charge is 0.436 e. The summed E-state index contributed by atoms with van der Waals surface area (Å²) >= 11 is 2.92. The molecule has 1 amide bonds. The van der Waals surface area contributed by atoms with E-state index in [-0.39, 0.29) is 16.9 Å². The van der Waals surface area contributed by atoms with Crippen molar-refractivity contribution in [2.45, 2.75) is 38.5 Å². The van der Waals surface area contributed by atoms with Crippen LogP contribution in [0.1, 0.15) is 24.2 Å². The van der Waals surface area contributed by atoms with E-state index in [2.05, 4.69) is 25.9 Å². The first-order valence-corrected chi connectivity index (χ1v) is 8.38. The highest BCUT2D eigenvalue weighted by Gasteiger charge is 2.38. The molecular weight excluding hydrogens is 377 g/mol. The van der Waals surface area contributed by atoms with Gasteiger partial charge in [-0.3, -0.25) is 14.4 Å². The first kappa shape index (κ1) is 16.8. The molecule has 0 aliphatic carbocycles. The number of halogens is 4. The number of carbonyl (C=O) groups is 1. The van der Waals surface area contributed by atoms with Gasteiger partial charge < -0.3 is 4.90 Å². The van der Waals surface area contributed by atoms with Gasteiger partial charge in [0.2, 0.25) is 5.91 Å². The maximum atomic E-state index is 12.9. The summed E-state index contributed by atoms with van der Waals surface area (Å²) in [6, 6.07) is 0.392. The third-order valence-corrected chi connectivity index (χ3v) is 5.58. The molecule has 0 spiro atoms. The lowest BCUT2D eigenvalue weighted by atomic mass is 10.1. The molecule has 1 aromatic rings. The highest BCUT2D eigenvalue weighted by molar-refractivity contribution is 9.10. The number of aromatic nitrogens is 2.